The Morgan fingerprint density at radius 3 is 2.61 bits per heavy atom. The number of likely N-dealkylation sites (tertiary alicyclic amines) is 1. The Morgan fingerprint density at radius 1 is 1.21 bits per heavy atom. The highest BCUT2D eigenvalue weighted by Crippen LogP contribution is 2.23. The first-order valence-electron chi connectivity index (χ1n) is 10.6. The number of fused-ring (bicyclic) bond motifs is 1. The molecule has 13 heteroatoms. The number of thiazole rings is 1. The molecule has 1 aliphatic heterocycles. The molecule has 0 spiro atoms. The molecule has 1 fully saturated rings. The van der Waals surface area contributed by atoms with Crippen molar-refractivity contribution in [3.8, 4) is 0 Å². The van der Waals surface area contributed by atoms with E-state index in [1.165, 1.54) is 17.0 Å². The molecular formula is C20H26N4O7S2. The van der Waals surface area contributed by atoms with Gasteiger partial charge in [0.1, 0.15) is 11.5 Å². The minimum atomic E-state index is -3.98. The molecule has 0 bridgehead atoms. The fraction of sp³-hybridized carbons (Fsp3) is 0.550. The maximum absolute atomic E-state index is 12.5. The van der Waals surface area contributed by atoms with Crippen LogP contribution in [0.25, 0.3) is 10.2 Å². The molecule has 11 nitrogen and oxygen atoms in total. The summed E-state index contributed by atoms with van der Waals surface area (Å²) in [6.45, 7) is 4.04. The number of carbonyl (C=O) groups excluding carboxylic acids is 2. The van der Waals surface area contributed by atoms with E-state index in [1.54, 1.807) is 10.6 Å². The number of aromatic nitrogens is 1. The van der Waals surface area contributed by atoms with Gasteiger partial charge in [-0.3, -0.25) is 19.7 Å². The molecule has 1 aliphatic rings. The van der Waals surface area contributed by atoms with Crippen LogP contribution in [0.5, 0.6) is 0 Å². The van der Waals surface area contributed by atoms with Gasteiger partial charge < -0.3 is 14.2 Å². The molecule has 0 aliphatic carbocycles. The van der Waals surface area contributed by atoms with E-state index in [0.29, 0.717) is 43.1 Å². The minimum absolute atomic E-state index is 0.0996. The molecule has 0 atom stereocenters. The molecule has 1 aromatic heterocycles. The second kappa shape index (κ2) is 11.0. The van der Waals surface area contributed by atoms with Crippen LogP contribution in [0, 0.1) is 10.1 Å². The maximum Gasteiger partial charge on any atom is 0.270 e. The van der Waals surface area contributed by atoms with E-state index in [0.717, 1.165) is 30.6 Å². The standard InChI is InChI=1S/C20H26N4O7S2/c1-2-31-11-10-23-16-7-6-15(24(27)28)12-17(16)32-20(23)21-18(25)13-33(29,30)14-19(26)22-8-4-3-5-9-22/h6-7,12H,2-5,8-11,13-14H2,1H3. The van der Waals surface area contributed by atoms with Gasteiger partial charge >= 0.3 is 0 Å². The highest BCUT2D eigenvalue weighted by atomic mass is 32.2. The Bertz CT molecular complexity index is 1210. The second-order valence-electron chi connectivity index (χ2n) is 7.62. The number of nitro groups is 1. The van der Waals surface area contributed by atoms with E-state index in [9.17, 15) is 28.1 Å². The third-order valence-electron chi connectivity index (χ3n) is 5.16. The van der Waals surface area contributed by atoms with Gasteiger partial charge in [-0.15, -0.1) is 0 Å². The van der Waals surface area contributed by atoms with Gasteiger partial charge in [0.15, 0.2) is 14.6 Å². The van der Waals surface area contributed by atoms with Crippen molar-refractivity contribution < 1.29 is 27.7 Å². The van der Waals surface area contributed by atoms with Crippen molar-refractivity contribution in [3.05, 3.63) is 33.1 Å². The molecule has 0 unspecified atom stereocenters. The zero-order valence-corrected chi connectivity index (χ0v) is 19.9. The predicted molar refractivity (Wildman–Crippen MR) is 123 cm³/mol. The fourth-order valence-corrected chi connectivity index (χ4v) is 5.79. The Morgan fingerprint density at radius 2 is 1.94 bits per heavy atom. The zero-order chi connectivity index (χ0) is 24.0. The highest BCUT2D eigenvalue weighted by Gasteiger charge is 2.25. The van der Waals surface area contributed by atoms with Gasteiger partial charge in [0.05, 0.1) is 21.7 Å². The van der Waals surface area contributed by atoms with Crippen molar-refractivity contribution >= 4 is 48.9 Å². The van der Waals surface area contributed by atoms with Gasteiger partial charge in [0, 0.05) is 38.4 Å². The highest BCUT2D eigenvalue weighted by molar-refractivity contribution is 7.92. The lowest BCUT2D eigenvalue weighted by Gasteiger charge is -2.26. The number of nitro benzene ring substituents is 1. The summed E-state index contributed by atoms with van der Waals surface area (Å²) in [5, 5.41) is 11.1. The molecule has 2 aromatic rings. The third kappa shape index (κ3) is 6.68. The van der Waals surface area contributed by atoms with E-state index < -0.39 is 38.1 Å². The topological polar surface area (TPSA) is 141 Å². The minimum Gasteiger partial charge on any atom is -0.380 e. The Balaban J connectivity index is 1.83. The van der Waals surface area contributed by atoms with Gasteiger partial charge in [0.2, 0.25) is 5.91 Å². The van der Waals surface area contributed by atoms with E-state index in [1.807, 2.05) is 6.92 Å². The number of non-ortho nitro benzene ring substituents is 1. The van der Waals surface area contributed by atoms with Gasteiger partial charge in [-0.1, -0.05) is 11.3 Å². The first kappa shape index (κ1) is 25.0. The van der Waals surface area contributed by atoms with Crippen LogP contribution in [0.1, 0.15) is 26.2 Å². The summed E-state index contributed by atoms with van der Waals surface area (Å²) in [4.78, 5) is 41.1. The van der Waals surface area contributed by atoms with Crippen LogP contribution < -0.4 is 4.80 Å². The lowest BCUT2D eigenvalue weighted by atomic mass is 10.1. The van der Waals surface area contributed by atoms with Crippen LogP contribution in [-0.2, 0) is 30.7 Å². The number of hydrogen-bond acceptors (Lipinski definition) is 8. The van der Waals surface area contributed by atoms with E-state index in [4.69, 9.17) is 4.74 Å². The van der Waals surface area contributed by atoms with Crippen molar-refractivity contribution in [1.29, 1.82) is 0 Å². The van der Waals surface area contributed by atoms with Gasteiger partial charge in [-0.05, 0) is 32.3 Å². The molecule has 33 heavy (non-hydrogen) atoms. The number of carbonyl (C=O) groups is 2. The molecule has 1 saturated heterocycles. The second-order valence-corrected chi connectivity index (χ2v) is 10.7. The summed E-state index contributed by atoms with van der Waals surface area (Å²) in [5.41, 5.74) is 0.525. The summed E-state index contributed by atoms with van der Waals surface area (Å²) in [5.74, 6) is -3.00. The molecule has 1 aromatic carbocycles. The van der Waals surface area contributed by atoms with Crippen LogP contribution in [0.3, 0.4) is 0 Å². The summed E-state index contributed by atoms with van der Waals surface area (Å²) in [7, 11) is -3.98. The van der Waals surface area contributed by atoms with Crippen molar-refractivity contribution in [2.75, 3.05) is 37.8 Å². The van der Waals surface area contributed by atoms with Crippen molar-refractivity contribution in [2.45, 2.75) is 32.7 Å². The van der Waals surface area contributed by atoms with Gasteiger partial charge in [0.25, 0.3) is 11.6 Å². The van der Waals surface area contributed by atoms with Crippen molar-refractivity contribution in [2.24, 2.45) is 4.99 Å². The summed E-state index contributed by atoms with van der Waals surface area (Å²) in [6.07, 6.45) is 2.69. The Labute approximate surface area is 194 Å². The van der Waals surface area contributed by atoms with Gasteiger partial charge in [-0.2, -0.15) is 4.99 Å². The Hall–Kier alpha value is -2.64. The molecule has 180 valence electrons. The molecule has 0 N–H and O–H groups in total. The number of rotatable bonds is 9. The molecule has 0 saturated carbocycles. The third-order valence-corrected chi connectivity index (χ3v) is 7.57. The first-order valence-corrected chi connectivity index (χ1v) is 13.3. The molecular weight excluding hydrogens is 472 g/mol. The van der Waals surface area contributed by atoms with Crippen LogP contribution in [0.15, 0.2) is 23.2 Å². The van der Waals surface area contributed by atoms with Crippen molar-refractivity contribution in [3.63, 3.8) is 0 Å². The number of nitrogens with zero attached hydrogens (tertiary/aromatic N) is 4. The van der Waals surface area contributed by atoms with Crippen LogP contribution in [-0.4, -0.2) is 72.4 Å². The van der Waals surface area contributed by atoms with Crippen LogP contribution in [0.4, 0.5) is 5.69 Å². The number of sulfone groups is 1. The van der Waals surface area contributed by atoms with Crippen LogP contribution in [0.2, 0.25) is 0 Å². The normalized spacial score (nSPS) is 15.2. The number of piperidine rings is 1. The average molecular weight is 499 g/mol. The lowest BCUT2D eigenvalue weighted by Crippen LogP contribution is -2.40. The molecule has 0 radical (unpaired) electrons. The summed E-state index contributed by atoms with van der Waals surface area (Å²) >= 11 is 1.05. The largest absolute Gasteiger partial charge is 0.380 e. The average Bonchev–Trinajstić information content (AvgIpc) is 3.09. The number of amides is 2. The van der Waals surface area contributed by atoms with Gasteiger partial charge in [-0.25, -0.2) is 8.42 Å². The zero-order valence-electron chi connectivity index (χ0n) is 18.3. The SMILES string of the molecule is CCOCCn1c(=NC(=O)CS(=O)(=O)CC(=O)N2CCCCC2)sc2cc([N+](=O)[O-])ccc21. The fourth-order valence-electron chi connectivity index (χ4n) is 3.58. The predicted octanol–water partition coefficient (Wildman–Crippen LogP) is 1.50. The molecule has 2 heterocycles. The first-order chi connectivity index (χ1) is 15.7. The number of hydrogen-bond donors (Lipinski definition) is 0. The maximum atomic E-state index is 12.5. The van der Waals surface area contributed by atoms with Crippen molar-refractivity contribution in [1.82, 2.24) is 9.47 Å². The quantitative estimate of drug-likeness (QED) is 0.290. The lowest BCUT2D eigenvalue weighted by molar-refractivity contribution is -0.384. The summed E-state index contributed by atoms with van der Waals surface area (Å²) < 4.78 is 32.5. The van der Waals surface area contributed by atoms with Crippen LogP contribution >= 0.6 is 11.3 Å². The van der Waals surface area contributed by atoms with E-state index in [2.05, 4.69) is 4.99 Å². The monoisotopic (exact) mass is 498 g/mol. The molecule has 3 rings (SSSR count). The molecule has 2 amide bonds. The number of ether oxygens (including phenoxy) is 1. The smallest absolute Gasteiger partial charge is 0.270 e. The summed E-state index contributed by atoms with van der Waals surface area (Å²) in [6, 6.07) is 4.30. The number of benzene rings is 1. The van der Waals surface area contributed by atoms with E-state index >= 15 is 0 Å². The Kier molecular flexibility index (Phi) is 8.32. The van der Waals surface area contributed by atoms with E-state index in [-0.39, 0.29) is 10.5 Å².